The topological polar surface area (TPSA) is 64.2 Å². The highest BCUT2D eigenvalue weighted by Crippen LogP contribution is 2.11. The quantitative estimate of drug-likeness (QED) is 0.541. The highest BCUT2D eigenvalue weighted by atomic mass is 16.5. The van der Waals surface area contributed by atoms with Crippen molar-refractivity contribution in [3.8, 4) is 0 Å². The summed E-state index contributed by atoms with van der Waals surface area (Å²) in [6.45, 7) is 9.63. The molecule has 0 saturated heterocycles. The lowest BCUT2D eigenvalue weighted by molar-refractivity contribution is -0.909. The van der Waals surface area contributed by atoms with E-state index in [9.17, 15) is 9.59 Å². The second kappa shape index (κ2) is 12.2. The molecule has 0 bridgehead atoms. The zero-order chi connectivity index (χ0) is 21.9. The van der Waals surface area contributed by atoms with Gasteiger partial charge in [0.1, 0.15) is 11.5 Å². The summed E-state index contributed by atoms with van der Waals surface area (Å²) in [5.74, 6) is 1.34. The van der Waals surface area contributed by atoms with E-state index in [-0.39, 0.29) is 31.0 Å². The largest absolute Gasteiger partial charge is 0.464 e. The second-order valence-corrected chi connectivity index (χ2v) is 7.69. The van der Waals surface area contributed by atoms with Crippen LogP contribution in [0.1, 0.15) is 44.3 Å². The molecule has 6 nitrogen and oxygen atoms in total. The summed E-state index contributed by atoms with van der Waals surface area (Å²) in [6, 6.07) is 14.1. The number of aryl methyl sites for hydroxylation is 1. The summed E-state index contributed by atoms with van der Waals surface area (Å²) in [4.78, 5) is 28.1. The minimum atomic E-state index is -0.266. The molecule has 2 rings (SSSR count). The third-order valence-corrected chi connectivity index (χ3v) is 5.37. The van der Waals surface area contributed by atoms with E-state index in [1.807, 2.05) is 42.2 Å². The summed E-state index contributed by atoms with van der Waals surface area (Å²) in [6.07, 6.45) is 1.65. The van der Waals surface area contributed by atoms with Gasteiger partial charge in [0.05, 0.1) is 19.2 Å². The van der Waals surface area contributed by atoms with Gasteiger partial charge in [-0.05, 0) is 51.3 Å². The molecule has 1 amide bonds. The minimum Gasteiger partial charge on any atom is -0.464 e. The first-order chi connectivity index (χ1) is 14.4. The van der Waals surface area contributed by atoms with Gasteiger partial charge in [-0.25, -0.2) is 4.79 Å². The third-order valence-electron chi connectivity index (χ3n) is 5.37. The minimum absolute atomic E-state index is 0.0135. The Bertz CT molecular complexity index is 788. The van der Waals surface area contributed by atoms with Crippen LogP contribution in [0.25, 0.3) is 0 Å². The fourth-order valence-corrected chi connectivity index (χ4v) is 3.36. The molecule has 0 spiro atoms. The number of nitrogens with one attached hydrogen (secondary N) is 1. The summed E-state index contributed by atoms with van der Waals surface area (Å²) >= 11 is 0. The number of quaternary nitrogens is 1. The van der Waals surface area contributed by atoms with Crippen LogP contribution in [0.15, 0.2) is 46.9 Å². The molecule has 0 saturated carbocycles. The molecule has 0 aliphatic rings. The third kappa shape index (κ3) is 7.67. The van der Waals surface area contributed by atoms with Crippen molar-refractivity contribution in [1.82, 2.24) is 4.90 Å². The molecule has 1 N–H and O–H groups in total. The van der Waals surface area contributed by atoms with E-state index in [0.29, 0.717) is 19.7 Å². The fraction of sp³-hybridized carbons (Fsp3) is 0.500. The number of esters is 1. The van der Waals surface area contributed by atoms with Crippen molar-refractivity contribution >= 4 is 11.9 Å². The Labute approximate surface area is 179 Å². The summed E-state index contributed by atoms with van der Waals surface area (Å²) < 4.78 is 10.8. The number of carbonyl (C=O) groups is 2. The van der Waals surface area contributed by atoms with E-state index in [4.69, 9.17) is 9.15 Å². The molecule has 0 radical (unpaired) electrons. The van der Waals surface area contributed by atoms with Gasteiger partial charge in [0.2, 0.25) is 0 Å². The molecule has 1 aromatic heterocycles. The molecular formula is C24H35N2O4+. The Morgan fingerprint density at radius 3 is 2.43 bits per heavy atom. The number of nitrogens with zero attached hydrogens (tertiary/aromatic N) is 1. The molecule has 1 unspecified atom stereocenters. The van der Waals surface area contributed by atoms with Gasteiger partial charge in [-0.2, -0.15) is 0 Å². The van der Waals surface area contributed by atoms with Crippen LogP contribution in [0.4, 0.5) is 0 Å². The average molecular weight is 416 g/mol. The first-order valence-electron chi connectivity index (χ1n) is 10.8. The maximum Gasteiger partial charge on any atom is 0.361 e. The summed E-state index contributed by atoms with van der Waals surface area (Å²) in [7, 11) is 0. The van der Waals surface area contributed by atoms with Crippen molar-refractivity contribution in [3.05, 3.63) is 59.5 Å². The van der Waals surface area contributed by atoms with E-state index in [1.165, 1.54) is 5.56 Å². The van der Waals surface area contributed by atoms with Crippen LogP contribution in [0.5, 0.6) is 0 Å². The number of amides is 1. The highest BCUT2D eigenvalue weighted by Gasteiger charge is 2.27. The summed E-state index contributed by atoms with van der Waals surface area (Å²) in [5.41, 5.74) is 1.18. The zero-order valence-corrected chi connectivity index (χ0v) is 18.6. The molecule has 30 heavy (non-hydrogen) atoms. The number of ether oxygens (including phenoxy) is 1. The van der Waals surface area contributed by atoms with Crippen LogP contribution in [-0.4, -0.2) is 49.1 Å². The van der Waals surface area contributed by atoms with Gasteiger partial charge in [0.15, 0.2) is 13.1 Å². The van der Waals surface area contributed by atoms with Crippen LogP contribution < -0.4 is 4.90 Å². The normalized spacial score (nSPS) is 12.9. The van der Waals surface area contributed by atoms with Gasteiger partial charge < -0.3 is 19.0 Å². The van der Waals surface area contributed by atoms with E-state index < -0.39 is 0 Å². The smallest absolute Gasteiger partial charge is 0.361 e. The van der Waals surface area contributed by atoms with Gasteiger partial charge in [0, 0.05) is 6.54 Å². The van der Waals surface area contributed by atoms with Crippen LogP contribution in [0, 0.1) is 6.92 Å². The molecule has 1 heterocycles. The standard InChI is InChI=1S/C24H34N2O4/c1-5-19(3)26(18-24(28)29-6-2)17-23(27)25(16-22-13-12-20(4)30-22)15-14-21-10-8-7-9-11-21/h7-13,19H,5-6,14-18H2,1-4H3/p+1/t19-/m0/s1. The van der Waals surface area contributed by atoms with E-state index >= 15 is 0 Å². The van der Waals surface area contributed by atoms with E-state index in [2.05, 4.69) is 26.0 Å². The Balaban J connectivity index is 2.10. The first kappa shape index (κ1) is 23.7. The van der Waals surface area contributed by atoms with Crippen molar-refractivity contribution in [1.29, 1.82) is 0 Å². The maximum atomic E-state index is 13.3. The van der Waals surface area contributed by atoms with Crippen molar-refractivity contribution in [2.24, 2.45) is 0 Å². The zero-order valence-electron chi connectivity index (χ0n) is 18.6. The average Bonchev–Trinajstić information content (AvgIpc) is 3.15. The van der Waals surface area contributed by atoms with Gasteiger partial charge in [0.25, 0.3) is 5.91 Å². The number of hydrogen-bond donors (Lipinski definition) is 1. The number of benzene rings is 1. The van der Waals surface area contributed by atoms with Crippen molar-refractivity contribution in [2.75, 3.05) is 26.2 Å². The Morgan fingerprint density at radius 1 is 1.10 bits per heavy atom. The lowest BCUT2D eigenvalue weighted by atomic mass is 10.1. The molecule has 1 aromatic carbocycles. The lowest BCUT2D eigenvalue weighted by Crippen LogP contribution is -3.17. The number of furan rings is 1. The lowest BCUT2D eigenvalue weighted by Gasteiger charge is -2.28. The maximum absolute atomic E-state index is 13.3. The van der Waals surface area contributed by atoms with E-state index in [0.717, 1.165) is 29.3 Å². The predicted octanol–water partition coefficient (Wildman–Crippen LogP) is 2.41. The van der Waals surface area contributed by atoms with E-state index in [1.54, 1.807) is 6.92 Å². The van der Waals surface area contributed by atoms with Gasteiger partial charge in [-0.15, -0.1) is 0 Å². The molecule has 0 aliphatic carbocycles. The monoisotopic (exact) mass is 415 g/mol. The van der Waals surface area contributed by atoms with Gasteiger partial charge in [-0.1, -0.05) is 37.3 Å². The summed E-state index contributed by atoms with van der Waals surface area (Å²) in [5, 5.41) is 0. The Morgan fingerprint density at radius 2 is 1.83 bits per heavy atom. The molecule has 0 fully saturated rings. The Hall–Kier alpha value is -2.60. The molecule has 0 aliphatic heterocycles. The van der Waals surface area contributed by atoms with Crippen molar-refractivity contribution < 1.29 is 23.6 Å². The molecular weight excluding hydrogens is 380 g/mol. The van der Waals surface area contributed by atoms with Crippen LogP contribution in [0.3, 0.4) is 0 Å². The van der Waals surface area contributed by atoms with Gasteiger partial charge in [-0.3, -0.25) is 4.79 Å². The Kier molecular flexibility index (Phi) is 9.61. The van der Waals surface area contributed by atoms with Crippen molar-refractivity contribution in [3.63, 3.8) is 0 Å². The first-order valence-corrected chi connectivity index (χ1v) is 10.8. The number of carbonyl (C=O) groups excluding carboxylic acids is 2. The van der Waals surface area contributed by atoms with Crippen molar-refractivity contribution in [2.45, 2.75) is 53.1 Å². The highest BCUT2D eigenvalue weighted by molar-refractivity contribution is 5.77. The van der Waals surface area contributed by atoms with Crippen LogP contribution in [0.2, 0.25) is 0 Å². The number of rotatable bonds is 12. The number of hydrogen-bond acceptors (Lipinski definition) is 4. The SMILES string of the molecule is CCOC(=O)C[NH+](CC(=O)N(CCc1ccccc1)Cc1ccc(C)o1)[C@@H](C)CC. The van der Waals surface area contributed by atoms with Gasteiger partial charge >= 0.3 is 5.97 Å². The molecule has 164 valence electrons. The molecule has 6 heteroatoms. The fourth-order valence-electron chi connectivity index (χ4n) is 3.36. The molecule has 2 atom stereocenters. The van der Waals surface area contributed by atoms with Crippen LogP contribution in [-0.2, 0) is 27.3 Å². The molecule has 2 aromatic rings. The second-order valence-electron chi connectivity index (χ2n) is 7.69. The predicted molar refractivity (Wildman–Crippen MR) is 116 cm³/mol. The van der Waals surface area contributed by atoms with Crippen LogP contribution >= 0.6 is 0 Å².